The Balaban J connectivity index is 2.89. The van der Waals surface area contributed by atoms with E-state index >= 15 is 0 Å². The van der Waals surface area contributed by atoms with Crippen LogP contribution in [0.25, 0.3) is 0 Å². The number of nitrogens with zero attached hydrogens (tertiary/aromatic N) is 2. The molecule has 0 bridgehead atoms. The van der Waals surface area contributed by atoms with Gasteiger partial charge in [0.1, 0.15) is 5.69 Å². The van der Waals surface area contributed by atoms with Gasteiger partial charge in [-0.3, -0.25) is 9.78 Å². The minimum Gasteiger partial charge on any atom is -0.391 e. The van der Waals surface area contributed by atoms with Crippen LogP contribution in [0.15, 0.2) is 18.6 Å². The summed E-state index contributed by atoms with van der Waals surface area (Å²) in [4.78, 5) is 20.0. The lowest BCUT2D eigenvalue weighted by molar-refractivity contribution is 0.0914. The number of hydrogen-bond acceptors (Lipinski definition) is 4. The molecule has 0 aliphatic carbocycles. The third kappa shape index (κ3) is 2.97. The first-order valence-corrected chi connectivity index (χ1v) is 5.85. The number of amides is 1. The predicted octanol–water partition coefficient (Wildman–Crippen LogP) is 1.05. The van der Waals surface area contributed by atoms with E-state index in [1.165, 1.54) is 18.6 Å². The van der Waals surface area contributed by atoms with Crippen LogP contribution in [0, 0.1) is 0 Å². The van der Waals surface area contributed by atoms with Crippen LogP contribution in [0.5, 0.6) is 0 Å². The van der Waals surface area contributed by atoms with Crippen LogP contribution in [-0.2, 0) is 0 Å². The van der Waals surface area contributed by atoms with E-state index in [1.807, 2.05) is 13.8 Å². The first-order valence-electron chi connectivity index (χ1n) is 5.44. The Morgan fingerprint density at radius 2 is 2.12 bits per heavy atom. The summed E-state index contributed by atoms with van der Waals surface area (Å²) in [5.41, 5.74) is 5.31. The average molecular weight is 252 g/mol. The zero-order valence-corrected chi connectivity index (χ0v) is 10.8. The highest BCUT2D eigenvalue weighted by atomic mass is 32.1. The van der Waals surface area contributed by atoms with E-state index in [0.717, 1.165) is 0 Å². The molecule has 0 radical (unpaired) electrons. The second-order valence-corrected chi connectivity index (χ2v) is 4.14. The van der Waals surface area contributed by atoms with Gasteiger partial charge in [-0.05, 0) is 12.8 Å². The van der Waals surface area contributed by atoms with E-state index in [-0.39, 0.29) is 11.6 Å². The summed E-state index contributed by atoms with van der Waals surface area (Å²) < 4.78 is 0. The Bertz CT molecular complexity index is 403. The molecule has 1 rings (SSSR count). The van der Waals surface area contributed by atoms with Gasteiger partial charge in [-0.15, -0.1) is 0 Å². The van der Waals surface area contributed by atoms with Crippen LogP contribution in [0.2, 0.25) is 0 Å². The largest absolute Gasteiger partial charge is 0.391 e. The van der Waals surface area contributed by atoms with Crippen LogP contribution in [0.4, 0.5) is 0 Å². The molecule has 1 heterocycles. The van der Waals surface area contributed by atoms with Crippen LogP contribution in [0.3, 0.4) is 0 Å². The summed E-state index contributed by atoms with van der Waals surface area (Å²) in [5.74, 6) is -0.311. The van der Waals surface area contributed by atoms with Crippen molar-refractivity contribution < 1.29 is 4.79 Å². The van der Waals surface area contributed by atoms with E-state index in [1.54, 1.807) is 0 Å². The highest BCUT2D eigenvalue weighted by Crippen LogP contribution is 2.16. The van der Waals surface area contributed by atoms with E-state index in [2.05, 4.69) is 15.3 Å². The molecule has 17 heavy (non-hydrogen) atoms. The molecule has 92 valence electrons. The minimum absolute atomic E-state index is 0.259. The average Bonchev–Trinajstić information content (AvgIpc) is 2.36. The van der Waals surface area contributed by atoms with Crippen molar-refractivity contribution in [3.8, 4) is 0 Å². The summed E-state index contributed by atoms with van der Waals surface area (Å²) in [5, 5.41) is 2.84. The molecule has 0 unspecified atom stereocenters. The van der Waals surface area contributed by atoms with Gasteiger partial charge in [-0.25, -0.2) is 4.98 Å². The molecule has 1 aromatic rings. The van der Waals surface area contributed by atoms with Crippen LogP contribution in [-0.4, -0.2) is 26.4 Å². The maximum atomic E-state index is 12.0. The van der Waals surface area contributed by atoms with Crippen LogP contribution >= 0.6 is 12.2 Å². The lowest BCUT2D eigenvalue weighted by Gasteiger charge is -2.31. The highest BCUT2D eigenvalue weighted by molar-refractivity contribution is 7.80. The fourth-order valence-electron chi connectivity index (χ4n) is 1.53. The normalized spacial score (nSPS) is 10.9. The quantitative estimate of drug-likeness (QED) is 0.766. The zero-order valence-electron chi connectivity index (χ0n) is 9.93. The molecule has 1 aromatic heterocycles. The van der Waals surface area contributed by atoms with Crippen molar-refractivity contribution in [2.75, 3.05) is 0 Å². The van der Waals surface area contributed by atoms with Gasteiger partial charge in [0.25, 0.3) is 5.91 Å². The van der Waals surface area contributed by atoms with Crippen molar-refractivity contribution in [2.24, 2.45) is 5.73 Å². The number of aromatic nitrogens is 2. The van der Waals surface area contributed by atoms with E-state index in [9.17, 15) is 4.79 Å². The van der Waals surface area contributed by atoms with Crippen molar-refractivity contribution >= 4 is 23.1 Å². The Morgan fingerprint density at radius 3 is 2.53 bits per heavy atom. The SMILES string of the molecule is CCC(CC)(NC(=O)c1cnccn1)C(N)=S. The van der Waals surface area contributed by atoms with Crippen molar-refractivity contribution in [2.45, 2.75) is 32.2 Å². The maximum Gasteiger partial charge on any atom is 0.272 e. The van der Waals surface area contributed by atoms with Gasteiger partial charge in [-0.2, -0.15) is 0 Å². The van der Waals surface area contributed by atoms with Crippen molar-refractivity contribution in [3.05, 3.63) is 24.3 Å². The van der Waals surface area contributed by atoms with Gasteiger partial charge in [-0.1, -0.05) is 26.1 Å². The van der Waals surface area contributed by atoms with Crippen LogP contribution < -0.4 is 11.1 Å². The molecule has 0 atom stereocenters. The molecule has 0 aliphatic heterocycles. The van der Waals surface area contributed by atoms with E-state index in [4.69, 9.17) is 18.0 Å². The molecule has 5 nitrogen and oxygen atoms in total. The molecule has 0 saturated heterocycles. The summed E-state index contributed by atoms with van der Waals surface area (Å²) >= 11 is 5.02. The Kier molecular flexibility index (Phi) is 4.51. The Morgan fingerprint density at radius 1 is 1.47 bits per heavy atom. The summed E-state index contributed by atoms with van der Waals surface area (Å²) in [6, 6.07) is 0. The number of carbonyl (C=O) groups is 1. The van der Waals surface area contributed by atoms with E-state index < -0.39 is 5.54 Å². The molecule has 1 amide bonds. The van der Waals surface area contributed by atoms with Gasteiger partial charge < -0.3 is 11.1 Å². The Hall–Kier alpha value is -1.56. The van der Waals surface area contributed by atoms with Crippen molar-refractivity contribution in [1.29, 1.82) is 0 Å². The number of nitrogens with two attached hydrogens (primary N) is 1. The molecule has 6 heteroatoms. The molecule has 0 aromatic carbocycles. The third-order valence-corrected chi connectivity index (χ3v) is 3.22. The third-order valence-electron chi connectivity index (χ3n) is 2.83. The Labute approximate surface area is 106 Å². The number of hydrogen-bond donors (Lipinski definition) is 2. The van der Waals surface area contributed by atoms with Gasteiger partial charge in [0.15, 0.2) is 0 Å². The lowest BCUT2D eigenvalue weighted by atomic mass is 9.92. The monoisotopic (exact) mass is 252 g/mol. The molecule has 0 aliphatic rings. The second kappa shape index (κ2) is 5.67. The molecule has 0 saturated carbocycles. The first kappa shape index (κ1) is 13.5. The van der Waals surface area contributed by atoms with Crippen molar-refractivity contribution in [1.82, 2.24) is 15.3 Å². The number of nitrogens with one attached hydrogen (secondary N) is 1. The van der Waals surface area contributed by atoms with Gasteiger partial charge in [0.05, 0.1) is 16.7 Å². The molecular weight excluding hydrogens is 236 g/mol. The number of carbonyl (C=O) groups excluding carboxylic acids is 1. The lowest BCUT2D eigenvalue weighted by Crippen LogP contribution is -2.56. The van der Waals surface area contributed by atoms with Gasteiger partial charge in [0.2, 0.25) is 0 Å². The topological polar surface area (TPSA) is 80.9 Å². The van der Waals surface area contributed by atoms with Crippen LogP contribution in [0.1, 0.15) is 37.2 Å². The fraction of sp³-hybridized carbons (Fsp3) is 0.455. The molecule has 0 fully saturated rings. The summed E-state index contributed by atoms with van der Waals surface area (Å²) in [6.45, 7) is 3.86. The molecule has 3 N–H and O–H groups in total. The number of thiocarbonyl (C=S) groups is 1. The molecular formula is C11H16N4OS. The van der Waals surface area contributed by atoms with Crippen molar-refractivity contribution in [3.63, 3.8) is 0 Å². The van der Waals surface area contributed by atoms with Gasteiger partial charge in [0, 0.05) is 12.4 Å². The summed E-state index contributed by atoms with van der Waals surface area (Å²) in [6.07, 6.45) is 5.67. The first-order chi connectivity index (χ1) is 8.05. The van der Waals surface area contributed by atoms with E-state index in [0.29, 0.717) is 17.8 Å². The smallest absolute Gasteiger partial charge is 0.272 e. The van der Waals surface area contributed by atoms with Gasteiger partial charge >= 0.3 is 0 Å². The fourth-order valence-corrected chi connectivity index (χ4v) is 1.87. The predicted molar refractivity (Wildman–Crippen MR) is 69.6 cm³/mol. The minimum atomic E-state index is -0.649. The standard InChI is InChI=1S/C11H16N4OS/c1-3-11(4-2,10(12)17)15-9(16)8-7-13-5-6-14-8/h5-7H,3-4H2,1-2H3,(H2,12,17)(H,15,16). The highest BCUT2D eigenvalue weighted by Gasteiger charge is 2.31. The maximum absolute atomic E-state index is 12.0. The zero-order chi connectivity index (χ0) is 12.9. The molecule has 0 spiro atoms. The number of rotatable bonds is 5. The second-order valence-electron chi connectivity index (χ2n) is 3.70. The summed E-state index contributed by atoms with van der Waals surface area (Å²) in [7, 11) is 0.